The number of anilines is 1. The summed E-state index contributed by atoms with van der Waals surface area (Å²) < 4.78 is 37.1. The maximum absolute atomic E-state index is 12.2. The van der Waals surface area contributed by atoms with Crippen LogP contribution in [0.1, 0.15) is 22.3 Å². The highest BCUT2D eigenvalue weighted by Crippen LogP contribution is 2.22. The molecule has 4 nitrogen and oxygen atoms in total. The van der Waals surface area contributed by atoms with E-state index in [9.17, 15) is 22.8 Å². The number of hydrogen-bond donors (Lipinski definition) is 2. The molecule has 0 aromatic heterocycles. The minimum absolute atomic E-state index is 0.128. The van der Waals surface area contributed by atoms with E-state index in [0.717, 1.165) is 0 Å². The lowest BCUT2D eigenvalue weighted by Gasteiger charge is -2.09. The van der Waals surface area contributed by atoms with E-state index < -0.39 is 24.5 Å². The summed E-state index contributed by atoms with van der Waals surface area (Å²) in [6.45, 7) is 0. The first-order valence-electron chi connectivity index (χ1n) is 7.27. The van der Waals surface area contributed by atoms with Crippen LogP contribution in [0.4, 0.5) is 23.7 Å². The quantitative estimate of drug-likeness (QED) is 0.746. The van der Waals surface area contributed by atoms with Gasteiger partial charge in [-0.15, -0.1) is 0 Å². The van der Waals surface area contributed by atoms with Gasteiger partial charge >= 0.3 is 12.2 Å². The van der Waals surface area contributed by atoms with Crippen molar-refractivity contribution in [1.82, 2.24) is 5.32 Å². The molecule has 0 aliphatic heterocycles. The molecule has 0 fully saturated rings. The van der Waals surface area contributed by atoms with Crippen molar-refractivity contribution >= 4 is 33.6 Å². The first-order valence-corrected chi connectivity index (χ1v) is 8.06. The van der Waals surface area contributed by atoms with Crippen LogP contribution in [0.3, 0.4) is 0 Å². The number of rotatable bonds is 4. The molecule has 2 N–H and O–H groups in total. The van der Waals surface area contributed by atoms with Crippen molar-refractivity contribution in [3.05, 3.63) is 64.1 Å². The van der Waals surface area contributed by atoms with Crippen LogP contribution >= 0.6 is 15.9 Å². The third kappa shape index (κ3) is 6.22. The van der Waals surface area contributed by atoms with E-state index >= 15 is 0 Å². The first kappa shape index (κ1) is 19.0. The molecule has 0 unspecified atom stereocenters. The minimum atomic E-state index is -4.21. The van der Waals surface area contributed by atoms with E-state index in [1.165, 1.54) is 24.3 Å². The van der Waals surface area contributed by atoms with Gasteiger partial charge in [-0.3, -0.25) is 10.1 Å². The molecular weight excluding hydrogens is 401 g/mol. The van der Waals surface area contributed by atoms with Crippen molar-refractivity contribution in [3.8, 4) is 0 Å². The summed E-state index contributed by atoms with van der Waals surface area (Å²) in [4.78, 5) is 23.8. The van der Waals surface area contributed by atoms with Gasteiger partial charge in [-0.25, -0.2) is 4.79 Å². The number of benzene rings is 2. The first-order chi connectivity index (χ1) is 11.7. The molecule has 0 saturated heterocycles. The Balaban J connectivity index is 1.90. The Morgan fingerprint density at radius 2 is 1.64 bits per heavy atom. The highest BCUT2D eigenvalue weighted by molar-refractivity contribution is 9.10. The fourth-order valence-corrected chi connectivity index (χ4v) is 2.48. The number of hydrogen-bond acceptors (Lipinski definition) is 2. The average Bonchev–Trinajstić information content (AvgIpc) is 2.53. The van der Waals surface area contributed by atoms with Gasteiger partial charge in [0.2, 0.25) is 0 Å². The second kappa shape index (κ2) is 8.15. The summed E-state index contributed by atoms with van der Waals surface area (Å²) >= 11 is 3.22. The lowest BCUT2D eigenvalue weighted by Crippen LogP contribution is -2.34. The summed E-state index contributed by atoms with van der Waals surface area (Å²) in [5.41, 5.74) is 1.18. The molecule has 3 amide bonds. The Labute approximate surface area is 150 Å². The lowest BCUT2D eigenvalue weighted by atomic mass is 10.1. The van der Waals surface area contributed by atoms with Crippen LogP contribution in [0.5, 0.6) is 0 Å². The van der Waals surface area contributed by atoms with E-state index in [2.05, 4.69) is 26.6 Å². The van der Waals surface area contributed by atoms with Gasteiger partial charge in [-0.05, 0) is 52.2 Å². The van der Waals surface area contributed by atoms with Crippen molar-refractivity contribution in [2.45, 2.75) is 19.0 Å². The predicted molar refractivity (Wildman–Crippen MR) is 91.4 cm³/mol. The Kier molecular flexibility index (Phi) is 6.19. The van der Waals surface area contributed by atoms with Crippen LogP contribution in [-0.2, 0) is 6.42 Å². The van der Waals surface area contributed by atoms with E-state index in [1.807, 2.05) is 0 Å². The maximum Gasteiger partial charge on any atom is 0.389 e. The number of aryl methyl sites for hydroxylation is 1. The number of nitrogens with one attached hydrogen (secondary N) is 2. The van der Waals surface area contributed by atoms with E-state index in [1.54, 1.807) is 24.3 Å². The number of amides is 3. The molecule has 0 aliphatic carbocycles. The van der Waals surface area contributed by atoms with Crippen molar-refractivity contribution < 1.29 is 22.8 Å². The highest BCUT2D eigenvalue weighted by Gasteiger charge is 2.26. The molecule has 25 heavy (non-hydrogen) atoms. The Morgan fingerprint density at radius 3 is 2.24 bits per heavy atom. The van der Waals surface area contributed by atoms with Crippen LogP contribution in [0.15, 0.2) is 53.0 Å². The molecule has 0 heterocycles. The molecule has 0 spiro atoms. The standard InChI is InChI=1S/C17H14BrF3N2O2/c18-14-4-2-1-3-13(14)15(24)23-16(25)22-12-7-5-11(6-8-12)9-10-17(19,20)21/h1-8H,9-10H2,(H2,22,23,24,25). The smallest absolute Gasteiger partial charge is 0.308 e. The summed E-state index contributed by atoms with van der Waals surface area (Å²) in [6, 6.07) is 11.9. The Hall–Kier alpha value is -2.35. The zero-order chi connectivity index (χ0) is 18.4. The molecule has 2 rings (SSSR count). The van der Waals surface area contributed by atoms with Gasteiger partial charge < -0.3 is 5.32 Å². The van der Waals surface area contributed by atoms with Gasteiger partial charge in [0.25, 0.3) is 5.91 Å². The highest BCUT2D eigenvalue weighted by atomic mass is 79.9. The van der Waals surface area contributed by atoms with Crippen molar-refractivity contribution in [1.29, 1.82) is 0 Å². The monoisotopic (exact) mass is 414 g/mol. The molecule has 0 radical (unpaired) electrons. The van der Waals surface area contributed by atoms with Crippen LogP contribution < -0.4 is 10.6 Å². The molecule has 0 atom stereocenters. The summed E-state index contributed by atoms with van der Waals surface area (Å²) in [7, 11) is 0. The normalized spacial score (nSPS) is 11.0. The maximum atomic E-state index is 12.2. The van der Waals surface area contributed by atoms with Gasteiger partial charge in [0.15, 0.2) is 0 Å². The van der Waals surface area contributed by atoms with Gasteiger partial charge in [-0.1, -0.05) is 24.3 Å². The molecule has 132 valence electrons. The molecule has 2 aromatic carbocycles. The number of imide groups is 1. The molecule has 8 heteroatoms. The zero-order valence-corrected chi connectivity index (χ0v) is 14.4. The topological polar surface area (TPSA) is 58.2 Å². The molecule has 0 bridgehead atoms. The third-order valence-electron chi connectivity index (χ3n) is 3.25. The van der Waals surface area contributed by atoms with E-state index in [4.69, 9.17) is 0 Å². The summed E-state index contributed by atoms with van der Waals surface area (Å²) in [5, 5.41) is 4.63. The summed E-state index contributed by atoms with van der Waals surface area (Å²) in [6.07, 6.45) is -5.24. The fraction of sp³-hybridized carbons (Fsp3) is 0.176. The van der Waals surface area contributed by atoms with Gasteiger partial charge in [0.05, 0.1) is 5.56 Å². The Bertz CT molecular complexity index is 761. The van der Waals surface area contributed by atoms with Gasteiger partial charge in [0.1, 0.15) is 0 Å². The average molecular weight is 415 g/mol. The SMILES string of the molecule is O=C(NC(=O)c1ccccc1Br)Nc1ccc(CCC(F)(F)F)cc1. The summed E-state index contributed by atoms with van der Waals surface area (Å²) in [5.74, 6) is -0.577. The van der Waals surface area contributed by atoms with Crippen molar-refractivity contribution in [2.24, 2.45) is 0 Å². The van der Waals surface area contributed by atoms with Crippen molar-refractivity contribution in [3.63, 3.8) is 0 Å². The van der Waals surface area contributed by atoms with Crippen LogP contribution in [0, 0.1) is 0 Å². The fourth-order valence-electron chi connectivity index (χ4n) is 2.02. The zero-order valence-electron chi connectivity index (χ0n) is 12.9. The van der Waals surface area contributed by atoms with Gasteiger partial charge in [-0.2, -0.15) is 13.2 Å². The predicted octanol–water partition coefficient (Wildman–Crippen LogP) is 4.91. The van der Waals surface area contributed by atoms with Crippen LogP contribution in [-0.4, -0.2) is 18.1 Å². The van der Waals surface area contributed by atoms with E-state index in [-0.39, 0.29) is 6.42 Å². The van der Waals surface area contributed by atoms with Gasteiger partial charge in [0, 0.05) is 16.6 Å². The lowest BCUT2D eigenvalue weighted by molar-refractivity contribution is -0.134. The largest absolute Gasteiger partial charge is 0.389 e. The minimum Gasteiger partial charge on any atom is -0.308 e. The van der Waals surface area contributed by atoms with E-state index in [0.29, 0.717) is 21.3 Å². The third-order valence-corrected chi connectivity index (χ3v) is 3.95. The number of urea groups is 1. The van der Waals surface area contributed by atoms with Crippen LogP contribution in [0.25, 0.3) is 0 Å². The second-order valence-corrected chi connectivity index (χ2v) is 6.05. The molecule has 2 aromatic rings. The molecular formula is C17H14BrF3N2O2. The number of halogens is 4. The van der Waals surface area contributed by atoms with Crippen molar-refractivity contribution in [2.75, 3.05) is 5.32 Å². The number of carbonyl (C=O) groups excluding carboxylic acids is 2. The second-order valence-electron chi connectivity index (χ2n) is 5.20. The molecule has 0 aliphatic rings. The number of carbonyl (C=O) groups is 2. The number of alkyl halides is 3. The Morgan fingerprint density at radius 1 is 1.00 bits per heavy atom. The van der Waals surface area contributed by atoms with Crippen LogP contribution in [0.2, 0.25) is 0 Å². The molecule has 0 saturated carbocycles.